The quantitative estimate of drug-likeness (QED) is 0.133. The van der Waals surface area contributed by atoms with Crippen LogP contribution in [0.2, 0.25) is 5.02 Å². The van der Waals surface area contributed by atoms with Crippen LogP contribution in [0.1, 0.15) is 47.8 Å². The molecule has 5 rings (SSSR count). The van der Waals surface area contributed by atoms with Crippen LogP contribution in [0.4, 0.5) is 10.1 Å². The number of carboxylic acids is 1. The molecule has 0 aromatic heterocycles. The molecule has 1 atom stereocenters. The fraction of sp³-hybridized carbons (Fsp3) is 0.179. The molecule has 47 heavy (non-hydrogen) atoms. The highest BCUT2D eigenvalue weighted by Crippen LogP contribution is 2.30. The van der Waals surface area contributed by atoms with Crippen LogP contribution in [0.25, 0.3) is 11.1 Å². The van der Waals surface area contributed by atoms with E-state index in [4.69, 9.17) is 16.3 Å². The fourth-order valence-electron chi connectivity index (χ4n) is 5.06. The Balaban J connectivity index is 1.37. The second-order valence-electron chi connectivity index (χ2n) is 12.3. The Morgan fingerprint density at radius 1 is 0.809 bits per heavy atom. The first-order chi connectivity index (χ1) is 22.5. The number of halogens is 2. The number of carbonyl (C=O) groups is 2. The molecule has 0 saturated carbocycles. The van der Waals surface area contributed by atoms with Crippen LogP contribution < -0.4 is 15.4 Å². The molecule has 6 nitrogen and oxygen atoms in total. The number of carbonyl (C=O) groups excluding carboxylic acids is 1. The molecule has 0 heterocycles. The van der Waals surface area contributed by atoms with E-state index in [1.807, 2.05) is 66.7 Å². The molecule has 0 bridgehead atoms. The Morgan fingerprint density at radius 2 is 1.43 bits per heavy atom. The highest BCUT2D eigenvalue weighted by atomic mass is 35.5. The van der Waals surface area contributed by atoms with Gasteiger partial charge < -0.3 is 20.5 Å². The SMILES string of the molecule is CC(C)(C)c1ccc(CNc2ccc(Oc3ccc(F)c(Cl)c3)cc2C(=O)N[C@@H](Cc2ccc(-c3ccccc3)cc2)C(=O)O)cc1. The molecule has 0 aliphatic heterocycles. The molecular formula is C39H36ClFN2O4. The van der Waals surface area contributed by atoms with Crippen molar-refractivity contribution < 1.29 is 23.8 Å². The van der Waals surface area contributed by atoms with E-state index in [-0.39, 0.29) is 28.2 Å². The smallest absolute Gasteiger partial charge is 0.326 e. The predicted molar refractivity (Wildman–Crippen MR) is 185 cm³/mol. The number of amides is 1. The Bertz CT molecular complexity index is 1850. The van der Waals surface area contributed by atoms with Gasteiger partial charge in [-0.15, -0.1) is 0 Å². The zero-order valence-electron chi connectivity index (χ0n) is 26.4. The van der Waals surface area contributed by atoms with Crippen LogP contribution in [-0.2, 0) is 23.2 Å². The normalized spacial score (nSPS) is 11.9. The molecule has 8 heteroatoms. The number of rotatable bonds is 11. The summed E-state index contributed by atoms with van der Waals surface area (Å²) < 4.78 is 19.6. The average molecular weight is 651 g/mol. The van der Waals surface area contributed by atoms with E-state index in [2.05, 4.69) is 43.5 Å². The van der Waals surface area contributed by atoms with Crippen molar-refractivity contribution in [1.29, 1.82) is 0 Å². The Hall–Kier alpha value is -5.14. The van der Waals surface area contributed by atoms with Crippen molar-refractivity contribution in [2.24, 2.45) is 0 Å². The first-order valence-corrected chi connectivity index (χ1v) is 15.6. The van der Waals surface area contributed by atoms with Gasteiger partial charge in [0.2, 0.25) is 0 Å². The molecule has 1 amide bonds. The molecule has 0 saturated heterocycles. The summed E-state index contributed by atoms with van der Waals surface area (Å²) in [5, 5.41) is 16.0. The van der Waals surface area contributed by atoms with Crippen LogP contribution in [0, 0.1) is 5.82 Å². The molecule has 0 spiro atoms. The number of ether oxygens (including phenoxy) is 1. The molecule has 240 valence electrons. The van der Waals surface area contributed by atoms with Gasteiger partial charge in [0.05, 0.1) is 10.6 Å². The van der Waals surface area contributed by atoms with Crippen molar-refractivity contribution in [1.82, 2.24) is 5.32 Å². The summed E-state index contributed by atoms with van der Waals surface area (Å²) in [6.45, 7) is 6.88. The van der Waals surface area contributed by atoms with E-state index in [9.17, 15) is 19.1 Å². The summed E-state index contributed by atoms with van der Waals surface area (Å²) in [5.41, 5.74) is 5.74. The van der Waals surface area contributed by atoms with Gasteiger partial charge in [0.25, 0.3) is 5.91 Å². The van der Waals surface area contributed by atoms with E-state index in [0.29, 0.717) is 18.0 Å². The van der Waals surface area contributed by atoms with Gasteiger partial charge >= 0.3 is 5.97 Å². The van der Waals surface area contributed by atoms with Gasteiger partial charge in [-0.2, -0.15) is 0 Å². The van der Waals surface area contributed by atoms with Crippen molar-refractivity contribution in [2.75, 3.05) is 5.32 Å². The molecular weight excluding hydrogens is 615 g/mol. The molecule has 3 N–H and O–H groups in total. The van der Waals surface area contributed by atoms with Gasteiger partial charge in [0.1, 0.15) is 23.4 Å². The highest BCUT2D eigenvalue weighted by molar-refractivity contribution is 6.30. The number of carboxylic acid groups (broad SMARTS) is 1. The van der Waals surface area contributed by atoms with E-state index < -0.39 is 23.7 Å². The number of anilines is 1. The number of hydrogen-bond acceptors (Lipinski definition) is 4. The van der Waals surface area contributed by atoms with Gasteiger partial charge in [-0.25, -0.2) is 9.18 Å². The summed E-state index contributed by atoms with van der Waals surface area (Å²) in [5.74, 6) is -1.76. The first-order valence-electron chi connectivity index (χ1n) is 15.2. The van der Waals surface area contributed by atoms with Crippen LogP contribution in [0.15, 0.2) is 115 Å². The zero-order valence-corrected chi connectivity index (χ0v) is 27.1. The Kier molecular flexibility index (Phi) is 10.3. The van der Waals surface area contributed by atoms with Crippen LogP contribution in [0.5, 0.6) is 11.5 Å². The van der Waals surface area contributed by atoms with Crippen molar-refractivity contribution >= 4 is 29.2 Å². The Labute approximate surface area is 279 Å². The minimum absolute atomic E-state index is 0.0203. The summed E-state index contributed by atoms with van der Waals surface area (Å²) in [6, 6.07) is 33.4. The second-order valence-corrected chi connectivity index (χ2v) is 12.7. The standard InChI is InChI=1S/C39H36ClFN2O4/c1-39(2,3)29-15-11-26(12-16-29)24-42-35-20-18-30(47-31-17-19-34(41)33(40)23-31)22-32(35)37(44)43-36(38(45)46)21-25-9-13-28(14-10-25)27-7-5-4-6-8-27/h4-20,22-23,36,42H,21,24H2,1-3H3,(H,43,44)(H,45,46)/t36-/m0/s1. The molecule has 0 aliphatic rings. The second kappa shape index (κ2) is 14.5. The molecule has 5 aromatic rings. The van der Waals surface area contributed by atoms with Crippen molar-refractivity contribution in [3.05, 3.63) is 148 Å². The number of hydrogen-bond donors (Lipinski definition) is 3. The van der Waals surface area contributed by atoms with Crippen molar-refractivity contribution in [2.45, 2.75) is 45.2 Å². The predicted octanol–water partition coefficient (Wildman–Crippen LogP) is 9.27. The maximum absolute atomic E-state index is 13.7. The van der Waals surface area contributed by atoms with Crippen LogP contribution >= 0.6 is 11.6 Å². The van der Waals surface area contributed by atoms with Gasteiger partial charge in [0.15, 0.2) is 0 Å². The lowest BCUT2D eigenvalue weighted by molar-refractivity contribution is -0.139. The Morgan fingerprint density at radius 3 is 2.06 bits per heavy atom. The van der Waals surface area contributed by atoms with Crippen molar-refractivity contribution in [3.63, 3.8) is 0 Å². The van der Waals surface area contributed by atoms with Crippen LogP contribution in [0.3, 0.4) is 0 Å². The maximum Gasteiger partial charge on any atom is 0.326 e. The van der Waals surface area contributed by atoms with Crippen molar-refractivity contribution in [3.8, 4) is 22.6 Å². The third-order valence-electron chi connectivity index (χ3n) is 7.77. The minimum atomic E-state index is -1.19. The monoisotopic (exact) mass is 650 g/mol. The number of nitrogens with one attached hydrogen (secondary N) is 2. The molecule has 0 aliphatic carbocycles. The summed E-state index contributed by atoms with van der Waals surface area (Å²) in [7, 11) is 0. The van der Waals surface area contributed by atoms with E-state index in [0.717, 1.165) is 22.3 Å². The minimum Gasteiger partial charge on any atom is -0.480 e. The summed E-state index contributed by atoms with van der Waals surface area (Å²) in [6.07, 6.45) is 0.0866. The molecule has 0 unspecified atom stereocenters. The molecule has 5 aromatic carbocycles. The summed E-state index contributed by atoms with van der Waals surface area (Å²) >= 11 is 5.93. The van der Waals surface area contributed by atoms with Crippen LogP contribution in [-0.4, -0.2) is 23.0 Å². The van der Waals surface area contributed by atoms with E-state index >= 15 is 0 Å². The lowest BCUT2D eigenvalue weighted by atomic mass is 9.87. The molecule has 0 radical (unpaired) electrons. The lowest BCUT2D eigenvalue weighted by Gasteiger charge is -2.20. The topological polar surface area (TPSA) is 87.7 Å². The largest absolute Gasteiger partial charge is 0.480 e. The summed E-state index contributed by atoms with van der Waals surface area (Å²) in [4.78, 5) is 26.1. The average Bonchev–Trinajstić information content (AvgIpc) is 3.06. The van der Waals surface area contributed by atoms with E-state index in [1.165, 1.54) is 29.8 Å². The molecule has 0 fully saturated rings. The fourth-order valence-corrected chi connectivity index (χ4v) is 5.23. The highest BCUT2D eigenvalue weighted by Gasteiger charge is 2.23. The number of benzene rings is 5. The first kappa shape index (κ1) is 33.2. The maximum atomic E-state index is 13.7. The van der Waals surface area contributed by atoms with Gasteiger partial charge in [0, 0.05) is 24.7 Å². The van der Waals surface area contributed by atoms with Gasteiger partial charge in [-0.05, 0) is 63.6 Å². The lowest BCUT2D eigenvalue weighted by Crippen LogP contribution is -2.42. The number of aliphatic carboxylic acids is 1. The van der Waals surface area contributed by atoms with Gasteiger partial charge in [-0.1, -0.05) is 111 Å². The zero-order chi connectivity index (χ0) is 33.6. The third-order valence-corrected chi connectivity index (χ3v) is 8.06. The van der Waals surface area contributed by atoms with Gasteiger partial charge in [-0.3, -0.25) is 4.79 Å². The third kappa shape index (κ3) is 8.77. The van der Waals surface area contributed by atoms with E-state index in [1.54, 1.807) is 12.1 Å².